The molecule has 4 heteroatoms. The fourth-order valence-electron chi connectivity index (χ4n) is 2.36. The third kappa shape index (κ3) is 5.02. The number of hydrogen-bond donors (Lipinski definition) is 1. The van der Waals surface area contributed by atoms with E-state index >= 15 is 0 Å². The van der Waals surface area contributed by atoms with Gasteiger partial charge in [0.2, 0.25) is 5.91 Å². The highest BCUT2D eigenvalue weighted by Gasteiger charge is 2.09. The monoisotopic (exact) mass is 312 g/mol. The minimum absolute atomic E-state index is 0.170. The van der Waals surface area contributed by atoms with E-state index in [2.05, 4.69) is 5.32 Å². The van der Waals surface area contributed by atoms with Gasteiger partial charge in [-0.1, -0.05) is 30.3 Å². The van der Waals surface area contributed by atoms with Crippen LogP contribution in [0.2, 0.25) is 0 Å². The first-order valence-electron chi connectivity index (χ1n) is 8.08. The second kappa shape index (κ2) is 8.83. The molecule has 2 rings (SSSR count). The van der Waals surface area contributed by atoms with E-state index < -0.39 is 0 Å². The summed E-state index contributed by atoms with van der Waals surface area (Å²) in [5.41, 5.74) is 0.892. The maximum absolute atomic E-state index is 12.0. The number of hydrogen-bond acceptors (Lipinski definition) is 3. The van der Waals surface area contributed by atoms with Crippen LogP contribution in [-0.2, 0) is 4.79 Å². The molecule has 0 saturated carbocycles. The number of carbonyl (C=O) groups is 1. The first-order chi connectivity index (χ1) is 11.2. The molecule has 23 heavy (non-hydrogen) atoms. The summed E-state index contributed by atoms with van der Waals surface area (Å²) in [6.45, 7) is 6.09. The maximum Gasteiger partial charge on any atom is 0.224 e. The summed E-state index contributed by atoms with van der Waals surface area (Å²) in [4.78, 5) is 13.9. The van der Waals surface area contributed by atoms with Gasteiger partial charge in [-0.15, -0.1) is 0 Å². The Morgan fingerprint density at radius 3 is 2.35 bits per heavy atom. The van der Waals surface area contributed by atoms with Gasteiger partial charge < -0.3 is 15.0 Å². The standard InChI is InChI=1S/C19H24N2O2/c1-3-21(4-2)19(22)14-15-20-17-12-8-9-13-18(17)23-16-10-6-5-7-11-16/h5-13,20H,3-4,14-15H2,1-2H3. The number of carbonyl (C=O) groups excluding carboxylic acids is 1. The smallest absolute Gasteiger partial charge is 0.224 e. The van der Waals surface area contributed by atoms with Crippen molar-refractivity contribution in [3.05, 3.63) is 54.6 Å². The van der Waals surface area contributed by atoms with Crippen molar-refractivity contribution in [2.45, 2.75) is 20.3 Å². The Balaban J connectivity index is 1.94. The summed E-state index contributed by atoms with van der Waals surface area (Å²) >= 11 is 0. The van der Waals surface area contributed by atoms with E-state index in [1.54, 1.807) is 0 Å². The van der Waals surface area contributed by atoms with E-state index in [1.165, 1.54) is 0 Å². The average Bonchev–Trinajstić information content (AvgIpc) is 2.58. The van der Waals surface area contributed by atoms with Gasteiger partial charge in [-0.05, 0) is 38.1 Å². The van der Waals surface area contributed by atoms with Crippen molar-refractivity contribution in [2.75, 3.05) is 25.0 Å². The summed E-state index contributed by atoms with van der Waals surface area (Å²) in [7, 11) is 0. The van der Waals surface area contributed by atoms with Crippen LogP contribution in [0.1, 0.15) is 20.3 Å². The van der Waals surface area contributed by atoms with Crippen LogP contribution in [-0.4, -0.2) is 30.4 Å². The highest BCUT2D eigenvalue weighted by Crippen LogP contribution is 2.28. The third-order valence-electron chi connectivity index (χ3n) is 3.63. The predicted octanol–water partition coefficient (Wildman–Crippen LogP) is 4.15. The summed E-state index contributed by atoms with van der Waals surface area (Å²) in [6, 6.07) is 17.4. The minimum atomic E-state index is 0.170. The lowest BCUT2D eigenvalue weighted by Crippen LogP contribution is -2.31. The van der Waals surface area contributed by atoms with Crippen molar-refractivity contribution >= 4 is 11.6 Å². The van der Waals surface area contributed by atoms with E-state index in [-0.39, 0.29) is 5.91 Å². The van der Waals surface area contributed by atoms with E-state index in [4.69, 9.17) is 4.74 Å². The number of benzene rings is 2. The van der Waals surface area contributed by atoms with Gasteiger partial charge in [0.25, 0.3) is 0 Å². The topological polar surface area (TPSA) is 41.6 Å². The second-order valence-corrected chi connectivity index (χ2v) is 5.15. The van der Waals surface area contributed by atoms with Gasteiger partial charge in [0, 0.05) is 26.1 Å². The fraction of sp³-hybridized carbons (Fsp3) is 0.316. The van der Waals surface area contributed by atoms with Crippen molar-refractivity contribution in [1.29, 1.82) is 0 Å². The molecule has 0 aliphatic carbocycles. The zero-order chi connectivity index (χ0) is 16.5. The zero-order valence-corrected chi connectivity index (χ0v) is 13.8. The number of para-hydroxylation sites is 3. The normalized spacial score (nSPS) is 10.2. The lowest BCUT2D eigenvalue weighted by Gasteiger charge is -2.19. The molecule has 0 bridgehead atoms. The molecule has 2 aromatic carbocycles. The Morgan fingerprint density at radius 1 is 1.00 bits per heavy atom. The molecule has 1 amide bonds. The van der Waals surface area contributed by atoms with Crippen molar-refractivity contribution in [3.8, 4) is 11.5 Å². The van der Waals surface area contributed by atoms with Gasteiger partial charge in [0.15, 0.2) is 5.75 Å². The molecule has 0 aliphatic heterocycles. The highest BCUT2D eigenvalue weighted by atomic mass is 16.5. The third-order valence-corrected chi connectivity index (χ3v) is 3.63. The number of amides is 1. The van der Waals surface area contributed by atoms with Gasteiger partial charge in [-0.2, -0.15) is 0 Å². The SMILES string of the molecule is CCN(CC)C(=O)CCNc1ccccc1Oc1ccccc1. The van der Waals surface area contributed by atoms with Crippen molar-refractivity contribution in [1.82, 2.24) is 4.90 Å². The molecule has 2 aromatic rings. The Hall–Kier alpha value is -2.49. The molecule has 4 nitrogen and oxygen atoms in total. The lowest BCUT2D eigenvalue weighted by atomic mass is 10.2. The summed E-state index contributed by atoms with van der Waals surface area (Å²) in [5.74, 6) is 1.72. The first-order valence-corrected chi connectivity index (χ1v) is 8.08. The van der Waals surface area contributed by atoms with Crippen LogP contribution < -0.4 is 10.1 Å². The number of rotatable bonds is 8. The average molecular weight is 312 g/mol. The summed E-state index contributed by atoms with van der Waals surface area (Å²) < 4.78 is 5.90. The van der Waals surface area contributed by atoms with Gasteiger partial charge in [-0.3, -0.25) is 4.79 Å². The fourth-order valence-corrected chi connectivity index (χ4v) is 2.36. The van der Waals surface area contributed by atoms with Crippen molar-refractivity contribution in [3.63, 3.8) is 0 Å². The van der Waals surface area contributed by atoms with Crippen LogP contribution in [0.15, 0.2) is 54.6 Å². The van der Waals surface area contributed by atoms with Gasteiger partial charge in [-0.25, -0.2) is 0 Å². The Morgan fingerprint density at radius 2 is 1.65 bits per heavy atom. The largest absolute Gasteiger partial charge is 0.455 e. The molecule has 0 saturated heterocycles. The molecule has 0 fully saturated rings. The van der Waals surface area contributed by atoms with Crippen molar-refractivity contribution < 1.29 is 9.53 Å². The number of nitrogens with zero attached hydrogens (tertiary/aromatic N) is 1. The van der Waals surface area contributed by atoms with Gasteiger partial charge in [0.1, 0.15) is 5.75 Å². The van der Waals surface area contributed by atoms with Crippen molar-refractivity contribution in [2.24, 2.45) is 0 Å². The molecular weight excluding hydrogens is 288 g/mol. The van der Waals surface area contributed by atoms with Crippen LogP contribution in [0.3, 0.4) is 0 Å². The van der Waals surface area contributed by atoms with Crippen LogP contribution >= 0.6 is 0 Å². The molecular formula is C19H24N2O2. The zero-order valence-electron chi connectivity index (χ0n) is 13.8. The highest BCUT2D eigenvalue weighted by molar-refractivity contribution is 5.76. The van der Waals surface area contributed by atoms with Crippen LogP contribution in [0.5, 0.6) is 11.5 Å². The van der Waals surface area contributed by atoms with E-state index in [9.17, 15) is 4.79 Å². The Kier molecular flexibility index (Phi) is 6.48. The molecule has 0 aliphatic rings. The second-order valence-electron chi connectivity index (χ2n) is 5.15. The summed E-state index contributed by atoms with van der Waals surface area (Å²) in [5, 5.41) is 3.29. The quantitative estimate of drug-likeness (QED) is 0.796. The molecule has 0 aromatic heterocycles. The lowest BCUT2D eigenvalue weighted by molar-refractivity contribution is -0.130. The molecule has 0 spiro atoms. The molecule has 0 unspecified atom stereocenters. The predicted molar refractivity (Wildman–Crippen MR) is 94.0 cm³/mol. The van der Waals surface area contributed by atoms with Crippen LogP contribution in [0, 0.1) is 0 Å². The molecule has 0 heterocycles. The van der Waals surface area contributed by atoms with E-state index in [1.807, 2.05) is 73.3 Å². The Bertz CT molecular complexity index is 610. The van der Waals surface area contributed by atoms with E-state index in [0.29, 0.717) is 13.0 Å². The molecule has 1 N–H and O–H groups in total. The summed E-state index contributed by atoms with van der Waals surface area (Å²) in [6.07, 6.45) is 0.474. The Labute approximate surface area is 138 Å². The maximum atomic E-state index is 12.0. The van der Waals surface area contributed by atoms with Crippen LogP contribution in [0.25, 0.3) is 0 Å². The molecule has 0 atom stereocenters. The first kappa shape index (κ1) is 16.9. The number of ether oxygens (including phenoxy) is 1. The van der Waals surface area contributed by atoms with E-state index in [0.717, 1.165) is 30.3 Å². The minimum Gasteiger partial charge on any atom is -0.455 e. The number of anilines is 1. The number of nitrogens with one attached hydrogen (secondary N) is 1. The molecule has 0 radical (unpaired) electrons. The van der Waals surface area contributed by atoms with Gasteiger partial charge in [0.05, 0.1) is 5.69 Å². The van der Waals surface area contributed by atoms with Gasteiger partial charge >= 0.3 is 0 Å². The molecule has 122 valence electrons. The van der Waals surface area contributed by atoms with Crippen LogP contribution in [0.4, 0.5) is 5.69 Å².